The molecular formula is C20H26N2O4S2. The molecule has 3 rings (SSSR count). The molecule has 0 bridgehead atoms. The zero-order valence-corrected chi connectivity index (χ0v) is 17.9. The number of carbonyl (C=O) groups is 3. The Bertz CT molecular complexity index is 747. The summed E-state index contributed by atoms with van der Waals surface area (Å²) in [6, 6.07) is 7.12. The predicted molar refractivity (Wildman–Crippen MR) is 115 cm³/mol. The Morgan fingerprint density at radius 2 is 2.07 bits per heavy atom. The number of nitrogens with one attached hydrogen (secondary N) is 1. The van der Waals surface area contributed by atoms with Gasteiger partial charge in [-0.15, -0.1) is 0 Å². The summed E-state index contributed by atoms with van der Waals surface area (Å²) in [6.07, 6.45) is 4.45. The molecule has 0 saturated carbocycles. The second-order valence-electron chi connectivity index (χ2n) is 7.49. The van der Waals surface area contributed by atoms with Gasteiger partial charge in [0.05, 0.1) is 11.4 Å². The van der Waals surface area contributed by atoms with Gasteiger partial charge in [-0.3, -0.25) is 19.3 Å². The third-order valence-electron chi connectivity index (χ3n) is 5.00. The van der Waals surface area contributed by atoms with Crippen LogP contribution in [0.1, 0.15) is 46.0 Å². The summed E-state index contributed by atoms with van der Waals surface area (Å²) in [5.41, 5.74) is 0.129. The average Bonchev–Trinajstić information content (AvgIpc) is 3.17. The van der Waals surface area contributed by atoms with Crippen LogP contribution in [0.15, 0.2) is 24.3 Å². The number of hydrogen-bond acceptors (Lipinski definition) is 6. The fourth-order valence-electron chi connectivity index (χ4n) is 3.38. The SMILES string of the molecule is CC1(C)C(=O)Nc2ccccc2N1C(=O)COC(=O)CCCC[C@@H]1CCSS1. The van der Waals surface area contributed by atoms with Gasteiger partial charge in [-0.1, -0.05) is 40.1 Å². The van der Waals surface area contributed by atoms with E-state index in [9.17, 15) is 14.4 Å². The van der Waals surface area contributed by atoms with Crippen molar-refractivity contribution >= 4 is 50.7 Å². The minimum atomic E-state index is -1.06. The Morgan fingerprint density at radius 1 is 1.29 bits per heavy atom. The lowest BCUT2D eigenvalue weighted by Gasteiger charge is -2.41. The number of ether oxygens (including phenoxy) is 1. The number of fused-ring (bicyclic) bond motifs is 1. The molecule has 0 radical (unpaired) electrons. The third-order valence-corrected chi connectivity index (χ3v) is 8.00. The van der Waals surface area contributed by atoms with Crippen molar-refractivity contribution in [1.29, 1.82) is 0 Å². The van der Waals surface area contributed by atoms with Gasteiger partial charge in [-0.25, -0.2) is 0 Å². The molecular weight excluding hydrogens is 396 g/mol. The topological polar surface area (TPSA) is 75.7 Å². The Morgan fingerprint density at radius 3 is 2.82 bits per heavy atom. The molecule has 0 aromatic heterocycles. The highest BCUT2D eigenvalue weighted by molar-refractivity contribution is 8.77. The van der Waals surface area contributed by atoms with Crippen molar-refractivity contribution in [3.63, 3.8) is 0 Å². The van der Waals surface area contributed by atoms with E-state index < -0.39 is 11.4 Å². The Hall–Kier alpha value is -1.67. The molecule has 1 aromatic rings. The van der Waals surface area contributed by atoms with E-state index in [0.29, 0.717) is 23.0 Å². The summed E-state index contributed by atoms with van der Waals surface area (Å²) in [5.74, 6) is 0.177. The maximum Gasteiger partial charge on any atom is 0.306 e. The summed E-state index contributed by atoms with van der Waals surface area (Å²) in [7, 11) is 3.86. The first-order valence-electron chi connectivity index (χ1n) is 9.57. The summed E-state index contributed by atoms with van der Waals surface area (Å²) in [5, 5.41) is 3.52. The smallest absolute Gasteiger partial charge is 0.306 e. The molecule has 8 heteroatoms. The summed E-state index contributed by atoms with van der Waals surface area (Å²) in [4.78, 5) is 38.6. The number of rotatable bonds is 7. The number of amides is 2. The van der Waals surface area contributed by atoms with Crippen molar-refractivity contribution < 1.29 is 19.1 Å². The van der Waals surface area contributed by atoms with Gasteiger partial charge in [0.1, 0.15) is 5.54 Å². The van der Waals surface area contributed by atoms with Crippen LogP contribution in [0.3, 0.4) is 0 Å². The molecule has 1 atom stereocenters. The highest BCUT2D eigenvalue weighted by Gasteiger charge is 2.43. The highest BCUT2D eigenvalue weighted by atomic mass is 33.1. The number of benzene rings is 1. The van der Waals surface area contributed by atoms with Crippen LogP contribution >= 0.6 is 21.6 Å². The summed E-state index contributed by atoms with van der Waals surface area (Å²) >= 11 is 0. The van der Waals surface area contributed by atoms with E-state index in [4.69, 9.17) is 4.74 Å². The zero-order valence-electron chi connectivity index (χ0n) is 16.2. The van der Waals surface area contributed by atoms with E-state index in [2.05, 4.69) is 5.32 Å². The lowest BCUT2D eigenvalue weighted by molar-refractivity contribution is -0.148. The number of para-hydroxylation sites is 2. The van der Waals surface area contributed by atoms with Gasteiger partial charge in [-0.05, 0) is 45.2 Å². The second kappa shape index (κ2) is 9.22. The molecule has 2 heterocycles. The molecule has 0 aliphatic carbocycles. The monoisotopic (exact) mass is 422 g/mol. The number of esters is 1. The van der Waals surface area contributed by atoms with Gasteiger partial charge in [0, 0.05) is 17.4 Å². The van der Waals surface area contributed by atoms with E-state index in [-0.39, 0.29) is 18.5 Å². The van der Waals surface area contributed by atoms with Crippen molar-refractivity contribution in [3.05, 3.63) is 24.3 Å². The molecule has 0 spiro atoms. The Labute approximate surface area is 173 Å². The van der Waals surface area contributed by atoms with E-state index >= 15 is 0 Å². The molecule has 1 aromatic carbocycles. The normalized spacial score (nSPS) is 20.4. The molecule has 28 heavy (non-hydrogen) atoms. The number of hydrogen-bond donors (Lipinski definition) is 1. The molecule has 2 aliphatic heterocycles. The van der Waals surface area contributed by atoms with Crippen LogP contribution in [-0.4, -0.2) is 40.9 Å². The van der Waals surface area contributed by atoms with Gasteiger partial charge in [0.15, 0.2) is 6.61 Å². The molecule has 152 valence electrons. The van der Waals surface area contributed by atoms with E-state index in [1.54, 1.807) is 38.1 Å². The Balaban J connectivity index is 1.50. The van der Waals surface area contributed by atoms with Crippen LogP contribution in [0.25, 0.3) is 0 Å². The third kappa shape index (κ3) is 4.84. The van der Waals surface area contributed by atoms with Crippen LogP contribution in [-0.2, 0) is 19.1 Å². The summed E-state index contributed by atoms with van der Waals surface area (Å²) < 4.78 is 5.20. The first-order chi connectivity index (χ1) is 13.4. The minimum absolute atomic E-state index is 0.270. The summed E-state index contributed by atoms with van der Waals surface area (Å²) in [6.45, 7) is 2.99. The van der Waals surface area contributed by atoms with Gasteiger partial charge < -0.3 is 10.1 Å². The van der Waals surface area contributed by atoms with Crippen molar-refractivity contribution in [2.75, 3.05) is 22.6 Å². The van der Waals surface area contributed by atoms with Crippen LogP contribution < -0.4 is 10.2 Å². The second-order valence-corrected chi connectivity index (χ2v) is 10.3. The van der Waals surface area contributed by atoms with E-state index in [0.717, 1.165) is 19.3 Å². The standard InChI is InChI=1S/C20H26N2O4S2/c1-20(2)19(25)21-15-8-4-5-9-16(15)22(20)17(23)13-26-18(24)10-6-3-7-14-11-12-27-28-14/h4-5,8-9,14H,3,6-7,10-13H2,1-2H3,(H,21,25)/t14-/m1/s1. The van der Waals surface area contributed by atoms with Crippen LogP contribution in [0.4, 0.5) is 11.4 Å². The number of nitrogens with zero attached hydrogens (tertiary/aromatic N) is 1. The Kier molecular flexibility index (Phi) is 6.93. The predicted octanol–water partition coefficient (Wildman–Crippen LogP) is 4.01. The fraction of sp³-hybridized carbons (Fsp3) is 0.550. The average molecular weight is 423 g/mol. The van der Waals surface area contributed by atoms with E-state index in [1.807, 2.05) is 21.6 Å². The van der Waals surface area contributed by atoms with Crippen molar-refractivity contribution in [2.24, 2.45) is 0 Å². The number of carbonyl (C=O) groups excluding carboxylic acids is 3. The van der Waals surface area contributed by atoms with Gasteiger partial charge in [-0.2, -0.15) is 0 Å². The molecule has 2 aliphatic rings. The quantitative estimate of drug-likeness (QED) is 0.407. The van der Waals surface area contributed by atoms with E-state index in [1.165, 1.54) is 17.1 Å². The molecule has 1 fully saturated rings. The molecule has 6 nitrogen and oxygen atoms in total. The maximum absolute atomic E-state index is 12.8. The van der Waals surface area contributed by atoms with Crippen molar-refractivity contribution in [1.82, 2.24) is 0 Å². The lowest BCUT2D eigenvalue weighted by atomic mass is 9.96. The van der Waals surface area contributed by atoms with Crippen LogP contribution in [0, 0.1) is 0 Å². The molecule has 2 amide bonds. The maximum atomic E-state index is 12.8. The fourth-order valence-corrected chi connectivity index (χ4v) is 6.41. The minimum Gasteiger partial charge on any atom is -0.456 e. The van der Waals surface area contributed by atoms with Crippen LogP contribution in [0.2, 0.25) is 0 Å². The van der Waals surface area contributed by atoms with Gasteiger partial charge >= 0.3 is 5.97 Å². The molecule has 1 saturated heterocycles. The largest absolute Gasteiger partial charge is 0.456 e. The first-order valence-corrected chi connectivity index (χ1v) is 12.0. The lowest BCUT2D eigenvalue weighted by Crippen LogP contribution is -2.59. The highest BCUT2D eigenvalue weighted by Crippen LogP contribution is 2.40. The van der Waals surface area contributed by atoms with Gasteiger partial charge in [0.2, 0.25) is 5.91 Å². The first kappa shape index (κ1) is 21.0. The van der Waals surface area contributed by atoms with Crippen LogP contribution in [0.5, 0.6) is 0 Å². The number of anilines is 2. The number of unbranched alkanes of at least 4 members (excludes halogenated alkanes) is 1. The molecule has 0 unspecified atom stereocenters. The zero-order chi connectivity index (χ0) is 20.1. The molecule has 1 N–H and O–H groups in total. The van der Waals surface area contributed by atoms with Crippen molar-refractivity contribution in [3.8, 4) is 0 Å². The van der Waals surface area contributed by atoms with Gasteiger partial charge in [0.25, 0.3) is 5.91 Å². The van der Waals surface area contributed by atoms with Crippen molar-refractivity contribution in [2.45, 2.75) is 56.7 Å².